The van der Waals surface area contributed by atoms with E-state index in [0.717, 1.165) is 15.6 Å². The number of nitrogens with zero attached hydrogens (tertiary/aromatic N) is 2. The first-order valence-electron chi connectivity index (χ1n) is 5.12. The Hall–Kier alpha value is -0.930. The standard InChI is InChI=1S/C12H13ClN2S/c1-7-4-8(2)6-10(5-7)12-15-14-11(16-12)9(3)13/h4-6,9H,1-3H3. The number of hydrogen-bond donors (Lipinski definition) is 0. The van der Waals surface area contributed by atoms with Crippen LogP contribution in [0.15, 0.2) is 18.2 Å². The van der Waals surface area contributed by atoms with Crippen molar-refractivity contribution in [1.29, 1.82) is 0 Å². The number of hydrogen-bond acceptors (Lipinski definition) is 3. The van der Waals surface area contributed by atoms with Gasteiger partial charge in [-0.05, 0) is 32.9 Å². The topological polar surface area (TPSA) is 25.8 Å². The van der Waals surface area contributed by atoms with Gasteiger partial charge >= 0.3 is 0 Å². The molecular formula is C12H13ClN2S. The Labute approximate surface area is 104 Å². The molecule has 0 amide bonds. The fourth-order valence-corrected chi connectivity index (χ4v) is 2.55. The van der Waals surface area contributed by atoms with E-state index in [1.807, 2.05) is 6.92 Å². The van der Waals surface area contributed by atoms with Crippen molar-refractivity contribution in [3.05, 3.63) is 34.3 Å². The lowest BCUT2D eigenvalue weighted by atomic mass is 10.1. The van der Waals surface area contributed by atoms with Gasteiger partial charge in [0.2, 0.25) is 0 Å². The summed E-state index contributed by atoms with van der Waals surface area (Å²) in [6, 6.07) is 6.39. The summed E-state index contributed by atoms with van der Waals surface area (Å²) < 4.78 is 0. The van der Waals surface area contributed by atoms with Crippen LogP contribution in [0.2, 0.25) is 0 Å². The number of rotatable bonds is 2. The number of aryl methyl sites for hydroxylation is 2. The highest BCUT2D eigenvalue weighted by Crippen LogP contribution is 2.30. The molecule has 0 N–H and O–H groups in total. The second-order valence-corrected chi connectivity index (χ2v) is 5.60. The molecule has 0 aliphatic rings. The van der Waals surface area contributed by atoms with Crippen molar-refractivity contribution in [1.82, 2.24) is 10.2 Å². The Kier molecular flexibility index (Phi) is 3.26. The van der Waals surface area contributed by atoms with Gasteiger partial charge in [0, 0.05) is 5.56 Å². The van der Waals surface area contributed by atoms with Crippen molar-refractivity contribution in [3.8, 4) is 10.6 Å². The molecule has 1 aromatic carbocycles. The van der Waals surface area contributed by atoms with Gasteiger partial charge in [-0.2, -0.15) is 0 Å². The Bertz CT molecular complexity index is 485. The van der Waals surface area contributed by atoms with E-state index in [1.54, 1.807) is 11.3 Å². The highest BCUT2D eigenvalue weighted by molar-refractivity contribution is 7.15. The van der Waals surface area contributed by atoms with Crippen molar-refractivity contribution in [3.63, 3.8) is 0 Å². The van der Waals surface area contributed by atoms with Gasteiger partial charge in [0.05, 0.1) is 5.38 Å². The summed E-state index contributed by atoms with van der Waals surface area (Å²) in [7, 11) is 0. The Morgan fingerprint density at radius 2 is 1.75 bits per heavy atom. The second-order valence-electron chi connectivity index (χ2n) is 3.94. The number of alkyl halides is 1. The highest BCUT2D eigenvalue weighted by atomic mass is 35.5. The highest BCUT2D eigenvalue weighted by Gasteiger charge is 2.10. The quantitative estimate of drug-likeness (QED) is 0.752. The van der Waals surface area contributed by atoms with Crippen LogP contribution in [-0.2, 0) is 0 Å². The van der Waals surface area contributed by atoms with Gasteiger partial charge in [0.15, 0.2) is 0 Å². The maximum atomic E-state index is 5.97. The lowest BCUT2D eigenvalue weighted by Crippen LogP contribution is -1.82. The van der Waals surface area contributed by atoms with E-state index >= 15 is 0 Å². The smallest absolute Gasteiger partial charge is 0.142 e. The van der Waals surface area contributed by atoms with E-state index in [9.17, 15) is 0 Å². The molecular weight excluding hydrogens is 240 g/mol. The molecule has 1 heterocycles. The van der Waals surface area contributed by atoms with Crippen LogP contribution in [-0.4, -0.2) is 10.2 Å². The minimum atomic E-state index is -0.0721. The van der Waals surface area contributed by atoms with E-state index in [1.165, 1.54) is 11.1 Å². The summed E-state index contributed by atoms with van der Waals surface area (Å²) in [5.74, 6) is 0. The largest absolute Gasteiger partial charge is 0.147 e. The number of aromatic nitrogens is 2. The summed E-state index contributed by atoms with van der Waals surface area (Å²) in [6.07, 6.45) is 0. The van der Waals surface area contributed by atoms with Crippen molar-refractivity contribution < 1.29 is 0 Å². The van der Waals surface area contributed by atoms with Gasteiger partial charge in [-0.15, -0.1) is 21.8 Å². The van der Waals surface area contributed by atoms with Crippen LogP contribution in [0.4, 0.5) is 0 Å². The molecule has 84 valence electrons. The van der Waals surface area contributed by atoms with E-state index in [0.29, 0.717) is 0 Å². The zero-order valence-electron chi connectivity index (χ0n) is 9.49. The molecule has 0 saturated heterocycles. The molecule has 0 aliphatic heterocycles. The Morgan fingerprint density at radius 3 is 2.25 bits per heavy atom. The number of halogens is 1. The summed E-state index contributed by atoms with van der Waals surface area (Å²) in [5.41, 5.74) is 3.61. The molecule has 16 heavy (non-hydrogen) atoms. The van der Waals surface area contributed by atoms with Gasteiger partial charge < -0.3 is 0 Å². The van der Waals surface area contributed by atoms with Crippen LogP contribution in [0.3, 0.4) is 0 Å². The van der Waals surface area contributed by atoms with Crippen LogP contribution in [0.5, 0.6) is 0 Å². The molecule has 0 fully saturated rings. The fourth-order valence-electron chi connectivity index (χ4n) is 1.61. The molecule has 2 aromatic rings. The predicted octanol–water partition coefficient (Wildman–Crippen LogP) is 4.12. The third-order valence-electron chi connectivity index (χ3n) is 2.25. The summed E-state index contributed by atoms with van der Waals surface area (Å²) >= 11 is 7.53. The summed E-state index contributed by atoms with van der Waals surface area (Å²) in [6.45, 7) is 6.08. The molecule has 0 spiro atoms. The van der Waals surface area contributed by atoms with Gasteiger partial charge in [0.25, 0.3) is 0 Å². The molecule has 0 radical (unpaired) electrons. The first kappa shape index (κ1) is 11.6. The average Bonchev–Trinajstić information content (AvgIpc) is 2.64. The molecule has 0 saturated carbocycles. The Balaban J connectivity index is 2.42. The zero-order chi connectivity index (χ0) is 11.7. The van der Waals surface area contributed by atoms with Gasteiger partial charge in [0.1, 0.15) is 10.0 Å². The zero-order valence-corrected chi connectivity index (χ0v) is 11.1. The van der Waals surface area contributed by atoms with E-state index in [2.05, 4.69) is 42.2 Å². The van der Waals surface area contributed by atoms with Crippen LogP contribution in [0.1, 0.15) is 28.4 Å². The minimum Gasteiger partial charge on any atom is -0.142 e. The van der Waals surface area contributed by atoms with Crippen molar-refractivity contribution in [2.24, 2.45) is 0 Å². The Morgan fingerprint density at radius 1 is 1.12 bits per heavy atom. The average molecular weight is 253 g/mol. The van der Waals surface area contributed by atoms with E-state index in [4.69, 9.17) is 11.6 Å². The normalized spacial score (nSPS) is 12.8. The van der Waals surface area contributed by atoms with Crippen LogP contribution in [0.25, 0.3) is 10.6 Å². The molecule has 1 unspecified atom stereocenters. The monoisotopic (exact) mass is 252 g/mol. The number of benzene rings is 1. The van der Waals surface area contributed by atoms with Gasteiger partial charge in [-0.3, -0.25) is 0 Å². The van der Waals surface area contributed by atoms with E-state index in [-0.39, 0.29) is 5.38 Å². The maximum absolute atomic E-state index is 5.97. The molecule has 0 bridgehead atoms. The molecule has 2 rings (SSSR count). The summed E-state index contributed by atoms with van der Waals surface area (Å²) in [4.78, 5) is 0. The van der Waals surface area contributed by atoms with Gasteiger partial charge in [-0.1, -0.05) is 28.5 Å². The first-order chi connectivity index (χ1) is 7.56. The van der Waals surface area contributed by atoms with Crippen LogP contribution >= 0.6 is 22.9 Å². The molecule has 1 aromatic heterocycles. The van der Waals surface area contributed by atoms with Crippen LogP contribution in [0, 0.1) is 13.8 Å². The SMILES string of the molecule is Cc1cc(C)cc(-c2nnc(C(C)Cl)s2)c1. The van der Waals surface area contributed by atoms with Crippen LogP contribution < -0.4 is 0 Å². The molecule has 2 nitrogen and oxygen atoms in total. The van der Waals surface area contributed by atoms with Gasteiger partial charge in [-0.25, -0.2) is 0 Å². The molecule has 0 aliphatic carbocycles. The molecule has 1 atom stereocenters. The van der Waals surface area contributed by atoms with Crippen molar-refractivity contribution >= 4 is 22.9 Å². The predicted molar refractivity (Wildman–Crippen MR) is 69.1 cm³/mol. The lowest BCUT2D eigenvalue weighted by Gasteiger charge is -2.00. The fraction of sp³-hybridized carbons (Fsp3) is 0.333. The lowest BCUT2D eigenvalue weighted by molar-refractivity contribution is 0.962. The van der Waals surface area contributed by atoms with Crippen molar-refractivity contribution in [2.45, 2.75) is 26.1 Å². The van der Waals surface area contributed by atoms with E-state index < -0.39 is 0 Å². The second kappa shape index (κ2) is 4.52. The molecule has 4 heteroatoms. The third kappa shape index (κ3) is 2.42. The maximum Gasteiger partial charge on any atom is 0.147 e. The first-order valence-corrected chi connectivity index (χ1v) is 6.37. The summed E-state index contributed by atoms with van der Waals surface area (Å²) in [5, 5.41) is 10.0. The van der Waals surface area contributed by atoms with Crippen molar-refractivity contribution in [2.75, 3.05) is 0 Å². The minimum absolute atomic E-state index is 0.0721. The third-order valence-corrected chi connectivity index (χ3v) is 3.74.